The SMILES string of the molecule is C=CC(=O)Nc1ccc(OC)cc1-c1ccc(F)c(F)c1OCCCC. The van der Waals surface area contributed by atoms with E-state index in [0.717, 1.165) is 18.6 Å². The molecule has 0 atom stereocenters. The summed E-state index contributed by atoms with van der Waals surface area (Å²) in [6.07, 6.45) is 2.68. The number of anilines is 1. The third-order valence-electron chi connectivity index (χ3n) is 3.75. The van der Waals surface area contributed by atoms with Crippen molar-refractivity contribution in [2.75, 3.05) is 19.0 Å². The van der Waals surface area contributed by atoms with Crippen LogP contribution in [0.5, 0.6) is 11.5 Å². The molecule has 2 rings (SSSR count). The zero-order valence-corrected chi connectivity index (χ0v) is 14.8. The van der Waals surface area contributed by atoms with E-state index in [1.165, 1.54) is 13.2 Å². The molecule has 26 heavy (non-hydrogen) atoms. The minimum atomic E-state index is -1.07. The summed E-state index contributed by atoms with van der Waals surface area (Å²) in [6.45, 7) is 5.64. The van der Waals surface area contributed by atoms with Crippen molar-refractivity contribution in [3.63, 3.8) is 0 Å². The van der Waals surface area contributed by atoms with Gasteiger partial charge < -0.3 is 14.8 Å². The Hall–Kier alpha value is -2.89. The molecule has 0 aliphatic carbocycles. The van der Waals surface area contributed by atoms with Crippen molar-refractivity contribution in [3.8, 4) is 22.6 Å². The highest BCUT2D eigenvalue weighted by Gasteiger charge is 2.19. The van der Waals surface area contributed by atoms with Gasteiger partial charge in [0.15, 0.2) is 11.6 Å². The summed E-state index contributed by atoms with van der Waals surface area (Å²) in [6, 6.07) is 7.33. The molecular weight excluding hydrogens is 340 g/mol. The lowest BCUT2D eigenvalue weighted by molar-refractivity contribution is -0.111. The lowest BCUT2D eigenvalue weighted by Gasteiger charge is -2.17. The Labute approximate surface area is 151 Å². The van der Waals surface area contributed by atoms with Crippen molar-refractivity contribution in [2.24, 2.45) is 0 Å². The van der Waals surface area contributed by atoms with E-state index in [0.29, 0.717) is 29.0 Å². The quantitative estimate of drug-likeness (QED) is 0.535. The number of halogens is 2. The van der Waals surface area contributed by atoms with Crippen molar-refractivity contribution in [2.45, 2.75) is 19.8 Å². The summed E-state index contributed by atoms with van der Waals surface area (Å²) >= 11 is 0. The van der Waals surface area contributed by atoms with Gasteiger partial charge in [0.25, 0.3) is 0 Å². The van der Waals surface area contributed by atoms with Gasteiger partial charge in [-0.25, -0.2) is 4.39 Å². The van der Waals surface area contributed by atoms with Gasteiger partial charge in [-0.2, -0.15) is 4.39 Å². The lowest BCUT2D eigenvalue weighted by Crippen LogP contribution is -2.09. The van der Waals surface area contributed by atoms with E-state index in [9.17, 15) is 13.6 Å². The van der Waals surface area contributed by atoms with Crippen LogP contribution < -0.4 is 14.8 Å². The number of unbranched alkanes of at least 4 members (excludes halogenated alkanes) is 1. The Morgan fingerprint density at radius 1 is 1.23 bits per heavy atom. The van der Waals surface area contributed by atoms with Gasteiger partial charge in [0.1, 0.15) is 5.75 Å². The maximum absolute atomic E-state index is 14.4. The van der Waals surface area contributed by atoms with Gasteiger partial charge in [0.05, 0.1) is 13.7 Å². The Bertz CT molecular complexity index is 806. The number of hydrogen-bond acceptors (Lipinski definition) is 3. The second kappa shape index (κ2) is 8.99. The fraction of sp³-hybridized carbons (Fsp3) is 0.250. The zero-order chi connectivity index (χ0) is 19.1. The summed E-state index contributed by atoms with van der Waals surface area (Å²) < 4.78 is 38.8. The van der Waals surface area contributed by atoms with E-state index in [2.05, 4.69) is 11.9 Å². The van der Waals surface area contributed by atoms with Gasteiger partial charge in [-0.3, -0.25) is 4.79 Å². The molecule has 2 aromatic rings. The molecule has 138 valence electrons. The minimum absolute atomic E-state index is 0.194. The van der Waals surface area contributed by atoms with E-state index in [1.807, 2.05) is 6.92 Å². The maximum atomic E-state index is 14.4. The van der Waals surface area contributed by atoms with Crippen LogP contribution in [0.25, 0.3) is 11.1 Å². The molecule has 4 nitrogen and oxygen atoms in total. The van der Waals surface area contributed by atoms with E-state index in [4.69, 9.17) is 9.47 Å². The van der Waals surface area contributed by atoms with Gasteiger partial charge >= 0.3 is 0 Å². The van der Waals surface area contributed by atoms with Crippen LogP contribution in [-0.4, -0.2) is 19.6 Å². The number of rotatable bonds is 8. The van der Waals surface area contributed by atoms with Crippen LogP contribution in [-0.2, 0) is 4.79 Å². The average molecular weight is 361 g/mol. The first-order chi connectivity index (χ1) is 12.5. The van der Waals surface area contributed by atoms with E-state index in [1.54, 1.807) is 18.2 Å². The fourth-order valence-corrected chi connectivity index (χ4v) is 2.37. The highest BCUT2D eigenvalue weighted by molar-refractivity contribution is 6.02. The standard InChI is InChI=1S/C20H21F2NO3/c1-4-6-11-26-20-14(8-9-16(21)19(20)22)15-12-13(25-3)7-10-17(15)23-18(24)5-2/h5,7-10,12H,2,4,6,11H2,1,3H3,(H,23,24). The summed E-state index contributed by atoms with van der Waals surface area (Å²) in [5.74, 6) is -2.18. The molecular formula is C20H21F2NO3. The number of hydrogen-bond donors (Lipinski definition) is 1. The Morgan fingerprint density at radius 2 is 2.00 bits per heavy atom. The molecule has 0 aromatic heterocycles. The highest BCUT2D eigenvalue weighted by atomic mass is 19.2. The number of carbonyl (C=O) groups excluding carboxylic acids is 1. The molecule has 6 heteroatoms. The number of methoxy groups -OCH3 is 1. The molecule has 1 N–H and O–H groups in total. The predicted molar refractivity (Wildman–Crippen MR) is 97.6 cm³/mol. The molecule has 0 bridgehead atoms. The van der Waals surface area contributed by atoms with Crippen molar-refractivity contribution >= 4 is 11.6 Å². The third-order valence-corrected chi connectivity index (χ3v) is 3.75. The molecule has 0 saturated heterocycles. The van der Waals surface area contributed by atoms with Gasteiger partial charge in [0.2, 0.25) is 11.7 Å². The first-order valence-corrected chi connectivity index (χ1v) is 8.24. The van der Waals surface area contributed by atoms with Crippen LogP contribution in [0, 0.1) is 11.6 Å². The van der Waals surface area contributed by atoms with Crippen molar-refractivity contribution in [1.82, 2.24) is 0 Å². The second-order valence-electron chi connectivity index (χ2n) is 5.54. The number of ether oxygens (including phenoxy) is 2. The molecule has 0 radical (unpaired) electrons. The molecule has 0 fully saturated rings. The summed E-state index contributed by atoms with van der Waals surface area (Å²) in [5, 5.41) is 2.65. The van der Waals surface area contributed by atoms with Crippen LogP contribution in [0.15, 0.2) is 43.0 Å². The monoisotopic (exact) mass is 361 g/mol. The predicted octanol–water partition coefficient (Wildman–Crippen LogP) is 4.94. The Morgan fingerprint density at radius 3 is 2.65 bits per heavy atom. The third kappa shape index (κ3) is 4.39. The molecule has 0 saturated carbocycles. The van der Waals surface area contributed by atoms with E-state index in [-0.39, 0.29) is 12.4 Å². The molecule has 1 amide bonds. The summed E-state index contributed by atoms with van der Waals surface area (Å²) in [5.41, 5.74) is 1.17. The molecule has 0 unspecified atom stereocenters. The van der Waals surface area contributed by atoms with Crippen LogP contribution in [0.4, 0.5) is 14.5 Å². The number of amides is 1. The molecule has 2 aromatic carbocycles. The summed E-state index contributed by atoms with van der Waals surface area (Å²) in [4.78, 5) is 11.7. The maximum Gasteiger partial charge on any atom is 0.247 e. The molecule has 0 heterocycles. The van der Waals surface area contributed by atoms with Crippen molar-refractivity contribution in [1.29, 1.82) is 0 Å². The fourth-order valence-electron chi connectivity index (χ4n) is 2.37. The van der Waals surface area contributed by atoms with Gasteiger partial charge in [-0.15, -0.1) is 0 Å². The minimum Gasteiger partial charge on any atom is -0.497 e. The zero-order valence-electron chi connectivity index (χ0n) is 14.8. The normalized spacial score (nSPS) is 10.3. The van der Waals surface area contributed by atoms with E-state index >= 15 is 0 Å². The van der Waals surface area contributed by atoms with Crippen LogP contribution in [0.1, 0.15) is 19.8 Å². The smallest absolute Gasteiger partial charge is 0.247 e. The molecule has 0 aliphatic rings. The van der Waals surface area contributed by atoms with Crippen LogP contribution in [0.3, 0.4) is 0 Å². The summed E-state index contributed by atoms with van der Waals surface area (Å²) in [7, 11) is 1.49. The van der Waals surface area contributed by atoms with Crippen LogP contribution >= 0.6 is 0 Å². The van der Waals surface area contributed by atoms with E-state index < -0.39 is 17.5 Å². The number of nitrogens with one attached hydrogen (secondary N) is 1. The topological polar surface area (TPSA) is 47.6 Å². The van der Waals surface area contributed by atoms with Gasteiger partial charge in [-0.1, -0.05) is 19.9 Å². The first-order valence-electron chi connectivity index (χ1n) is 8.24. The van der Waals surface area contributed by atoms with Gasteiger partial charge in [0, 0.05) is 16.8 Å². The number of carbonyl (C=O) groups is 1. The molecule has 0 spiro atoms. The largest absolute Gasteiger partial charge is 0.497 e. The second-order valence-corrected chi connectivity index (χ2v) is 5.54. The highest BCUT2D eigenvalue weighted by Crippen LogP contribution is 2.39. The molecule has 0 aliphatic heterocycles. The lowest BCUT2D eigenvalue weighted by atomic mass is 10.0. The van der Waals surface area contributed by atoms with Crippen molar-refractivity contribution in [3.05, 3.63) is 54.6 Å². The van der Waals surface area contributed by atoms with Crippen molar-refractivity contribution < 1.29 is 23.0 Å². The van der Waals surface area contributed by atoms with Gasteiger partial charge in [-0.05, 0) is 42.8 Å². The number of benzene rings is 2. The Kier molecular flexibility index (Phi) is 6.72. The first kappa shape index (κ1) is 19.4. The van der Waals surface area contributed by atoms with Crippen LogP contribution in [0.2, 0.25) is 0 Å². The average Bonchev–Trinajstić information content (AvgIpc) is 2.65. The Balaban J connectivity index is 2.59.